The van der Waals surface area contributed by atoms with E-state index in [1.807, 2.05) is 6.07 Å². The number of carbonyl (C=O) groups is 1. The molecular weight excluding hydrogens is 230 g/mol. The monoisotopic (exact) mass is 241 g/mol. The average molecular weight is 241 g/mol. The van der Waals surface area contributed by atoms with E-state index in [0.717, 1.165) is 11.1 Å². The molecule has 0 unspecified atom stereocenters. The second-order valence-electron chi connectivity index (χ2n) is 3.82. The number of esters is 1. The summed E-state index contributed by atoms with van der Waals surface area (Å²) in [7, 11) is 0. The summed E-state index contributed by atoms with van der Waals surface area (Å²) >= 11 is 0. The van der Waals surface area contributed by atoms with Crippen molar-refractivity contribution >= 4 is 5.97 Å². The minimum absolute atomic E-state index is 0.120. The van der Waals surface area contributed by atoms with Gasteiger partial charge in [0, 0.05) is 5.56 Å². The van der Waals surface area contributed by atoms with Crippen molar-refractivity contribution < 1.29 is 13.9 Å². The smallest absolute Gasteiger partial charge is 0.374 e. The quantitative estimate of drug-likeness (QED) is 0.775. The third-order valence-electron chi connectivity index (χ3n) is 2.47. The van der Waals surface area contributed by atoms with Gasteiger partial charge in [-0.2, -0.15) is 5.26 Å². The van der Waals surface area contributed by atoms with E-state index in [-0.39, 0.29) is 12.4 Å². The topological polar surface area (TPSA) is 63.2 Å². The summed E-state index contributed by atoms with van der Waals surface area (Å²) in [5.74, 6) is -0.286. The van der Waals surface area contributed by atoms with Crippen molar-refractivity contribution in [3.8, 4) is 6.07 Å². The van der Waals surface area contributed by atoms with Crippen molar-refractivity contribution in [3.05, 3.63) is 59.0 Å². The predicted octanol–water partition coefficient (Wildman–Crippen LogP) is 2.82. The molecule has 0 N–H and O–H groups in total. The van der Waals surface area contributed by atoms with Crippen molar-refractivity contribution in [3.63, 3.8) is 0 Å². The van der Waals surface area contributed by atoms with Crippen LogP contribution in [0.15, 0.2) is 41.0 Å². The highest BCUT2D eigenvalue weighted by Gasteiger charge is 2.14. The first-order chi connectivity index (χ1) is 8.70. The maximum atomic E-state index is 11.7. The number of aryl methyl sites for hydroxylation is 1. The summed E-state index contributed by atoms with van der Waals surface area (Å²) in [6, 6.07) is 10.7. The fourth-order valence-corrected chi connectivity index (χ4v) is 1.53. The van der Waals surface area contributed by atoms with Gasteiger partial charge >= 0.3 is 5.97 Å². The molecule has 4 heteroatoms. The third-order valence-corrected chi connectivity index (χ3v) is 2.47. The third kappa shape index (κ3) is 2.58. The number of ether oxygens (including phenoxy) is 1. The van der Waals surface area contributed by atoms with Gasteiger partial charge < -0.3 is 9.15 Å². The number of nitrogens with zero attached hydrogens (tertiary/aromatic N) is 1. The summed E-state index contributed by atoms with van der Waals surface area (Å²) in [5, 5.41) is 8.75. The molecular formula is C14H11NO3. The van der Waals surface area contributed by atoms with Crippen LogP contribution >= 0.6 is 0 Å². The first-order valence-electron chi connectivity index (χ1n) is 5.41. The van der Waals surface area contributed by atoms with Gasteiger partial charge in [0.15, 0.2) is 0 Å². The molecule has 0 radical (unpaired) electrons. The predicted molar refractivity (Wildman–Crippen MR) is 63.7 cm³/mol. The van der Waals surface area contributed by atoms with Gasteiger partial charge in [-0.15, -0.1) is 0 Å². The van der Waals surface area contributed by atoms with Crippen LogP contribution in [0.1, 0.15) is 27.2 Å². The fourth-order valence-electron chi connectivity index (χ4n) is 1.53. The summed E-state index contributed by atoms with van der Waals surface area (Å²) in [6.07, 6.45) is 1.45. The zero-order valence-corrected chi connectivity index (χ0v) is 9.84. The van der Waals surface area contributed by atoms with Gasteiger partial charge in [0.05, 0.1) is 17.9 Å². The highest BCUT2D eigenvalue weighted by Crippen LogP contribution is 2.12. The number of carbonyl (C=O) groups excluding carboxylic acids is 1. The van der Waals surface area contributed by atoms with Crippen LogP contribution in [0.2, 0.25) is 0 Å². The molecule has 0 aliphatic heterocycles. The number of nitriles is 1. The molecule has 0 fully saturated rings. The Labute approximate surface area is 104 Å². The molecule has 0 saturated carbocycles. The van der Waals surface area contributed by atoms with Gasteiger partial charge in [0.1, 0.15) is 6.61 Å². The summed E-state index contributed by atoms with van der Waals surface area (Å²) in [5.41, 5.74) is 2.05. The Morgan fingerprint density at radius 2 is 2.28 bits per heavy atom. The van der Waals surface area contributed by atoms with E-state index in [4.69, 9.17) is 14.4 Å². The van der Waals surface area contributed by atoms with Crippen molar-refractivity contribution in [2.45, 2.75) is 13.5 Å². The Balaban J connectivity index is 2.02. The van der Waals surface area contributed by atoms with Gasteiger partial charge in [0.25, 0.3) is 0 Å². The first-order valence-corrected chi connectivity index (χ1v) is 5.41. The molecule has 2 aromatic rings. The van der Waals surface area contributed by atoms with E-state index >= 15 is 0 Å². The zero-order valence-electron chi connectivity index (χ0n) is 9.84. The molecule has 0 amide bonds. The summed E-state index contributed by atoms with van der Waals surface area (Å²) in [6.45, 7) is 1.89. The maximum Gasteiger partial charge on any atom is 0.374 e. The molecule has 1 aromatic carbocycles. The number of benzene rings is 1. The van der Waals surface area contributed by atoms with E-state index in [1.165, 1.54) is 6.26 Å². The van der Waals surface area contributed by atoms with E-state index in [2.05, 4.69) is 0 Å². The van der Waals surface area contributed by atoms with Gasteiger partial charge in [-0.25, -0.2) is 4.79 Å². The number of rotatable bonds is 3. The second-order valence-corrected chi connectivity index (χ2v) is 3.82. The van der Waals surface area contributed by atoms with Gasteiger partial charge in [-0.1, -0.05) is 12.1 Å². The van der Waals surface area contributed by atoms with E-state index in [0.29, 0.717) is 5.56 Å². The second kappa shape index (κ2) is 5.19. The van der Waals surface area contributed by atoms with Gasteiger partial charge in [0.2, 0.25) is 5.76 Å². The Bertz CT molecular complexity index is 607. The normalized spacial score (nSPS) is 9.78. The highest BCUT2D eigenvalue weighted by atomic mass is 16.5. The van der Waals surface area contributed by atoms with Crippen LogP contribution in [-0.4, -0.2) is 5.97 Å². The zero-order chi connectivity index (χ0) is 13.0. The van der Waals surface area contributed by atoms with Crippen LogP contribution in [0.3, 0.4) is 0 Å². The fraction of sp³-hybridized carbons (Fsp3) is 0.143. The van der Waals surface area contributed by atoms with Crippen LogP contribution in [0, 0.1) is 18.3 Å². The molecule has 0 spiro atoms. The number of furan rings is 1. The number of hydrogen-bond donors (Lipinski definition) is 0. The lowest BCUT2D eigenvalue weighted by molar-refractivity contribution is 0.0435. The molecule has 0 bridgehead atoms. The Hall–Kier alpha value is -2.54. The lowest BCUT2D eigenvalue weighted by Crippen LogP contribution is -2.05. The Morgan fingerprint density at radius 3 is 2.94 bits per heavy atom. The minimum atomic E-state index is -0.500. The molecule has 1 aromatic heterocycles. The van der Waals surface area contributed by atoms with Crippen molar-refractivity contribution in [2.75, 3.05) is 0 Å². The summed E-state index contributed by atoms with van der Waals surface area (Å²) < 4.78 is 10.1. The molecule has 0 aliphatic carbocycles. The van der Waals surface area contributed by atoms with Crippen LogP contribution in [-0.2, 0) is 11.3 Å². The van der Waals surface area contributed by atoms with Gasteiger partial charge in [-0.3, -0.25) is 0 Å². The van der Waals surface area contributed by atoms with Crippen molar-refractivity contribution in [1.29, 1.82) is 5.26 Å². The minimum Gasteiger partial charge on any atom is -0.457 e. The molecule has 1 heterocycles. The van der Waals surface area contributed by atoms with Crippen molar-refractivity contribution in [1.82, 2.24) is 0 Å². The Kier molecular flexibility index (Phi) is 3.44. The molecule has 0 atom stereocenters. The summed E-state index contributed by atoms with van der Waals surface area (Å²) in [4.78, 5) is 11.7. The van der Waals surface area contributed by atoms with E-state index < -0.39 is 5.97 Å². The largest absolute Gasteiger partial charge is 0.457 e. The SMILES string of the molecule is Cc1ccoc1C(=O)OCc1cccc(C#N)c1. The van der Waals surface area contributed by atoms with Crippen LogP contribution in [0.4, 0.5) is 0 Å². The molecule has 4 nitrogen and oxygen atoms in total. The molecule has 0 aliphatic rings. The molecule has 2 rings (SSSR count). The maximum absolute atomic E-state index is 11.7. The van der Waals surface area contributed by atoms with Crippen LogP contribution < -0.4 is 0 Å². The van der Waals surface area contributed by atoms with E-state index in [9.17, 15) is 4.79 Å². The average Bonchev–Trinajstić information content (AvgIpc) is 2.82. The van der Waals surface area contributed by atoms with Crippen LogP contribution in [0.5, 0.6) is 0 Å². The van der Waals surface area contributed by atoms with Gasteiger partial charge in [-0.05, 0) is 30.7 Å². The molecule has 90 valence electrons. The standard InChI is InChI=1S/C14H11NO3/c1-10-5-6-17-13(10)14(16)18-9-12-4-2-3-11(7-12)8-15/h2-7H,9H2,1H3. The lowest BCUT2D eigenvalue weighted by atomic mass is 10.1. The Morgan fingerprint density at radius 1 is 1.44 bits per heavy atom. The number of hydrogen-bond acceptors (Lipinski definition) is 4. The lowest BCUT2D eigenvalue weighted by Gasteiger charge is -2.04. The molecule has 0 saturated heterocycles. The van der Waals surface area contributed by atoms with Crippen molar-refractivity contribution in [2.24, 2.45) is 0 Å². The van der Waals surface area contributed by atoms with E-state index in [1.54, 1.807) is 37.3 Å². The molecule has 18 heavy (non-hydrogen) atoms. The first kappa shape index (κ1) is 11.9. The van der Waals surface area contributed by atoms with Crippen LogP contribution in [0.25, 0.3) is 0 Å². The highest BCUT2D eigenvalue weighted by molar-refractivity contribution is 5.87.